The van der Waals surface area contributed by atoms with E-state index in [0.717, 1.165) is 25.3 Å². The summed E-state index contributed by atoms with van der Waals surface area (Å²) in [6.45, 7) is 4.82. The summed E-state index contributed by atoms with van der Waals surface area (Å²) in [5.74, 6) is -0.427. The Morgan fingerprint density at radius 3 is 2.72 bits per heavy atom. The van der Waals surface area contributed by atoms with E-state index in [1.807, 2.05) is 6.07 Å². The quantitative estimate of drug-likeness (QED) is 0.748. The second-order valence-electron chi connectivity index (χ2n) is 4.88. The summed E-state index contributed by atoms with van der Waals surface area (Å²) in [6, 6.07) is 5.74. The summed E-state index contributed by atoms with van der Waals surface area (Å²) in [6.07, 6.45) is 0. The third kappa shape index (κ3) is 2.26. The average Bonchev–Trinajstić information content (AvgIpc) is 2.32. The summed E-state index contributed by atoms with van der Waals surface area (Å²) in [5, 5.41) is 0. The maximum Gasteiger partial charge on any atom is 0.250 e. The van der Waals surface area contributed by atoms with Gasteiger partial charge in [-0.15, -0.1) is 0 Å². The molecule has 0 aliphatic carbocycles. The molecule has 0 spiro atoms. The van der Waals surface area contributed by atoms with Crippen LogP contribution in [0.3, 0.4) is 0 Å². The van der Waals surface area contributed by atoms with Crippen molar-refractivity contribution in [3.8, 4) is 0 Å². The average molecular weight is 248 g/mol. The summed E-state index contributed by atoms with van der Waals surface area (Å²) in [7, 11) is 2.10. The van der Waals surface area contributed by atoms with Crippen molar-refractivity contribution in [2.75, 3.05) is 37.3 Å². The van der Waals surface area contributed by atoms with Crippen LogP contribution in [0.2, 0.25) is 0 Å². The van der Waals surface area contributed by atoms with E-state index in [0.29, 0.717) is 17.3 Å². The lowest BCUT2D eigenvalue weighted by atomic mass is 10.1. The van der Waals surface area contributed by atoms with Gasteiger partial charge in [-0.1, -0.05) is 6.07 Å². The van der Waals surface area contributed by atoms with Crippen molar-refractivity contribution in [2.24, 2.45) is 5.73 Å². The van der Waals surface area contributed by atoms with Crippen molar-refractivity contribution in [3.63, 3.8) is 0 Å². The minimum Gasteiger partial charge on any atom is -0.397 e. The molecule has 1 atom stereocenters. The number of anilines is 2. The number of benzene rings is 1. The van der Waals surface area contributed by atoms with Crippen LogP contribution in [0.4, 0.5) is 11.4 Å². The Morgan fingerprint density at radius 2 is 2.11 bits per heavy atom. The Bertz CT molecular complexity index is 460. The molecule has 5 heteroatoms. The van der Waals surface area contributed by atoms with E-state index in [-0.39, 0.29) is 0 Å². The molecule has 1 heterocycles. The molecule has 2 rings (SSSR count). The minimum absolute atomic E-state index is 0.427. The number of piperazine rings is 1. The topological polar surface area (TPSA) is 75.6 Å². The van der Waals surface area contributed by atoms with Crippen LogP contribution in [0.15, 0.2) is 18.2 Å². The molecule has 1 aromatic carbocycles. The monoisotopic (exact) mass is 248 g/mol. The number of primary amides is 1. The second kappa shape index (κ2) is 4.86. The molecular weight excluding hydrogens is 228 g/mol. The fourth-order valence-electron chi connectivity index (χ4n) is 2.36. The number of carbonyl (C=O) groups excluding carboxylic acids is 1. The van der Waals surface area contributed by atoms with E-state index in [2.05, 4.69) is 23.8 Å². The lowest BCUT2D eigenvalue weighted by molar-refractivity contribution is 0.100. The van der Waals surface area contributed by atoms with E-state index >= 15 is 0 Å². The number of para-hydroxylation sites is 1. The van der Waals surface area contributed by atoms with Gasteiger partial charge in [0.2, 0.25) is 0 Å². The van der Waals surface area contributed by atoms with Crippen LogP contribution in [0.1, 0.15) is 17.3 Å². The Kier molecular flexibility index (Phi) is 3.43. The fraction of sp³-hybridized carbons (Fsp3) is 0.462. The first-order valence-corrected chi connectivity index (χ1v) is 6.14. The molecule has 0 aromatic heterocycles. The third-order valence-corrected chi connectivity index (χ3v) is 3.61. The second-order valence-corrected chi connectivity index (χ2v) is 4.88. The molecule has 5 nitrogen and oxygen atoms in total. The summed E-state index contributed by atoms with van der Waals surface area (Å²) >= 11 is 0. The Balaban J connectivity index is 2.36. The van der Waals surface area contributed by atoms with E-state index in [1.54, 1.807) is 12.1 Å². The Hall–Kier alpha value is -1.75. The van der Waals surface area contributed by atoms with Crippen LogP contribution >= 0.6 is 0 Å². The van der Waals surface area contributed by atoms with Crippen molar-refractivity contribution in [1.29, 1.82) is 0 Å². The summed E-state index contributed by atoms with van der Waals surface area (Å²) in [4.78, 5) is 15.9. The van der Waals surface area contributed by atoms with E-state index in [4.69, 9.17) is 11.5 Å². The van der Waals surface area contributed by atoms with Crippen molar-refractivity contribution in [3.05, 3.63) is 23.8 Å². The first-order chi connectivity index (χ1) is 8.50. The first kappa shape index (κ1) is 12.7. The van der Waals surface area contributed by atoms with Gasteiger partial charge in [0, 0.05) is 25.7 Å². The molecule has 1 amide bonds. The minimum atomic E-state index is -0.427. The zero-order chi connectivity index (χ0) is 13.3. The largest absolute Gasteiger partial charge is 0.397 e. The SMILES string of the molecule is CC1CN(c2c(N)cccc2C(N)=O)CCN1C. The smallest absolute Gasteiger partial charge is 0.250 e. The highest BCUT2D eigenvalue weighted by Crippen LogP contribution is 2.29. The maximum absolute atomic E-state index is 11.5. The molecule has 0 saturated carbocycles. The van der Waals surface area contributed by atoms with Gasteiger partial charge >= 0.3 is 0 Å². The third-order valence-electron chi connectivity index (χ3n) is 3.61. The van der Waals surface area contributed by atoms with Crippen LogP contribution in [0.5, 0.6) is 0 Å². The number of nitrogen functional groups attached to an aromatic ring is 1. The number of nitrogens with two attached hydrogens (primary N) is 2. The van der Waals surface area contributed by atoms with Gasteiger partial charge in [-0.25, -0.2) is 0 Å². The standard InChI is InChI=1S/C13H20N4O/c1-9-8-17(7-6-16(9)2)12-10(13(15)18)4-3-5-11(12)14/h3-5,9H,6-8,14H2,1-2H3,(H2,15,18). The number of rotatable bonds is 2. The Morgan fingerprint density at radius 1 is 1.39 bits per heavy atom. The van der Waals surface area contributed by atoms with Crippen molar-refractivity contribution < 1.29 is 4.79 Å². The van der Waals surface area contributed by atoms with Crippen LogP contribution in [0, 0.1) is 0 Å². The first-order valence-electron chi connectivity index (χ1n) is 6.14. The number of hydrogen-bond acceptors (Lipinski definition) is 4. The molecule has 1 unspecified atom stereocenters. The fourth-order valence-corrected chi connectivity index (χ4v) is 2.36. The molecule has 1 aromatic rings. The van der Waals surface area contributed by atoms with Crippen molar-refractivity contribution >= 4 is 17.3 Å². The number of carbonyl (C=O) groups is 1. The van der Waals surface area contributed by atoms with Crippen molar-refractivity contribution in [2.45, 2.75) is 13.0 Å². The van der Waals surface area contributed by atoms with E-state index < -0.39 is 5.91 Å². The molecule has 18 heavy (non-hydrogen) atoms. The number of nitrogens with zero attached hydrogens (tertiary/aromatic N) is 2. The lowest BCUT2D eigenvalue weighted by Crippen LogP contribution is -2.50. The number of hydrogen-bond donors (Lipinski definition) is 2. The van der Waals surface area contributed by atoms with Gasteiger partial charge in [-0.2, -0.15) is 0 Å². The van der Waals surface area contributed by atoms with Crippen LogP contribution in [0.25, 0.3) is 0 Å². The summed E-state index contributed by atoms with van der Waals surface area (Å²) < 4.78 is 0. The molecule has 0 bridgehead atoms. The van der Waals surface area contributed by atoms with Gasteiger partial charge in [0.05, 0.1) is 16.9 Å². The molecule has 1 aliphatic rings. The van der Waals surface area contributed by atoms with Gasteiger partial charge in [-0.3, -0.25) is 4.79 Å². The lowest BCUT2D eigenvalue weighted by Gasteiger charge is -2.40. The van der Waals surface area contributed by atoms with Crippen LogP contribution < -0.4 is 16.4 Å². The van der Waals surface area contributed by atoms with Crippen LogP contribution in [-0.4, -0.2) is 43.5 Å². The zero-order valence-corrected chi connectivity index (χ0v) is 10.9. The molecule has 0 radical (unpaired) electrons. The number of likely N-dealkylation sites (N-methyl/N-ethyl adjacent to an activating group) is 1. The van der Waals surface area contributed by atoms with Crippen molar-refractivity contribution in [1.82, 2.24) is 4.90 Å². The predicted octanol–water partition coefficient (Wildman–Crippen LogP) is 0.508. The molecular formula is C13H20N4O. The maximum atomic E-state index is 11.5. The van der Waals surface area contributed by atoms with Gasteiger partial charge in [0.1, 0.15) is 0 Å². The molecule has 4 N–H and O–H groups in total. The zero-order valence-electron chi connectivity index (χ0n) is 10.9. The van der Waals surface area contributed by atoms with E-state index in [9.17, 15) is 4.79 Å². The molecule has 1 saturated heterocycles. The van der Waals surface area contributed by atoms with Gasteiger partial charge in [-0.05, 0) is 26.1 Å². The van der Waals surface area contributed by atoms with Gasteiger partial charge in [0.15, 0.2) is 0 Å². The van der Waals surface area contributed by atoms with Crippen LogP contribution in [-0.2, 0) is 0 Å². The predicted molar refractivity (Wildman–Crippen MR) is 73.7 cm³/mol. The highest BCUT2D eigenvalue weighted by Gasteiger charge is 2.24. The highest BCUT2D eigenvalue weighted by atomic mass is 16.1. The van der Waals surface area contributed by atoms with E-state index in [1.165, 1.54) is 0 Å². The Labute approximate surface area is 107 Å². The highest BCUT2D eigenvalue weighted by molar-refractivity contribution is 6.01. The molecule has 1 fully saturated rings. The van der Waals surface area contributed by atoms with Gasteiger partial charge in [0.25, 0.3) is 5.91 Å². The molecule has 1 aliphatic heterocycles. The normalized spacial score (nSPS) is 21.0. The molecule has 98 valence electrons. The number of amides is 1. The summed E-state index contributed by atoms with van der Waals surface area (Å²) in [5.41, 5.74) is 13.3. The van der Waals surface area contributed by atoms with Gasteiger partial charge < -0.3 is 21.3 Å².